The van der Waals surface area contributed by atoms with Gasteiger partial charge in [-0.1, -0.05) is 31.7 Å². The molecule has 1 heterocycles. The molecular weight excluding hydrogens is 276 g/mol. The maximum absolute atomic E-state index is 11.7. The zero-order chi connectivity index (χ0) is 15.7. The number of allylic oxidation sites excluding steroid dienone is 1. The topological polar surface area (TPSA) is 72.9 Å². The van der Waals surface area contributed by atoms with Crippen LogP contribution in [0.1, 0.15) is 42.2 Å². The van der Waals surface area contributed by atoms with Gasteiger partial charge in [-0.05, 0) is 31.2 Å². The number of carbonyl (C=O) groups is 1. The molecule has 0 spiro atoms. The summed E-state index contributed by atoms with van der Waals surface area (Å²) in [6, 6.07) is 6.45. The van der Waals surface area contributed by atoms with Crippen molar-refractivity contribution in [3.05, 3.63) is 41.7 Å². The van der Waals surface area contributed by atoms with Crippen LogP contribution in [0.5, 0.6) is 0 Å². The van der Waals surface area contributed by atoms with Gasteiger partial charge in [-0.15, -0.1) is 0 Å². The summed E-state index contributed by atoms with van der Waals surface area (Å²) < 4.78 is 1.85. The normalized spacial score (nSPS) is 14.8. The Kier molecular flexibility index (Phi) is 3.88. The van der Waals surface area contributed by atoms with Crippen molar-refractivity contribution in [2.75, 3.05) is 0 Å². The molecule has 1 aliphatic carbocycles. The van der Waals surface area contributed by atoms with Gasteiger partial charge in [0.05, 0.1) is 12.1 Å². The standard InChI is InChI=1S/C17H22N4O/c1-3-12-6-4-9-14-15(17(18)22)20-21(16(12)14)10-11(2)19-13-7-5-8-13/h4,6,9,13,19H,2-3,5,7-8,10H2,1H3,(H2,18,22). The summed E-state index contributed by atoms with van der Waals surface area (Å²) >= 11 is 0. The number of fused-ring (bicyclic) bond motifs is 1. The van der Waals surface area contributed by atoms with E-state index >= 15 is 0 Å². The Bertz CT molecular complexity index is 728. The van der Waals surface area contributed by atoms with Crippen LogP contribution in [-0.2, 0) is 13.0 Å². The van der Waals surface area contributed by atoms with Crippen molar-refractivity contribution in [1.82, 2.24) is 15.1 Å². The van der Waals surface area contributed by atoms with Gasteiger partial charge < -0.3 is 11.1 Å². The van der Waals surface area contributed by atoms with Crippen LogP contribution in [0.25, 0.3) is 10.9 Å². The summed E-state index contributed by atoms with van der Waals surface area (Å²) in [6.07, 6.45) is 4.56. The van der Waals surface area contributed by atoms with E-state index in [-0.39, 0.29) is 0 Å². The monoisotopic (exact) mass is 298 g/mol. The van der Waals surface area contributed by atoms with Crippen LogP contribution in [-0.4, -0.2) is 21.7 Å². The van der Waals surface area contributed by atoms with Crippen molar-refractivity contribution in [3.63, 3.8) is 0 Å². The Morgan fingerprint density at radius 1 is 1.50 bits per heavy atom. The number of carbonyl (C=O) groups excluding carboxylic acids is 1. The summed E-state index contributed by atoms with van der Waals surface area (Å²) in [5, 5.41) is 8.69. The molecule has 3 rings (SSSR count). The molecule has 0 saturated heterocycles. The number of hydrogen-bond acceptors (Lipinski definition) is 3. The van der Waals surface area contributed by atoms with Gasteiger partial charge in [0.25, 0.3) is 5.91 Å². The Morgan fingerprint density at radius 2 is 2.27 bits per heavy atom. The van der Waals surface area contributed by atoms with E-state index in [1.807, 2.05) is 16.8 Å². The lowest BCUT2D eigenvalue weighted by molar-refractivity contribution is 0.0996. The van der Waals surface area contributed by atoms with Gasteiger partial charge in [0.1, 0.15) is 0 Å². The Labute approximate surface area is 130 Å². The second-order valence-corrected chi connectivity index (χ2v) is 5.91. The van der Waals surface area contributed by atoms with Gasteiger partial charge in [-0.2, -0.15) is 5.10 Å². The molecule has 1 fully saturated rings. The minimum absolute atomic E-state index is 0.335. The van der Waals surface area contributed by atoms with Gasteiger partial charge in [-0.25, -0.2) is 0 Å². The summed E-state index contributed by atoms with van der Waals surface area (Å²) in [5.41, 5.74) is 8.88. The van der Waals surface area contributed by atoms with Gasteiger partial charge in [0, 0.05) is 17.1 Å². The van der Waals surface area contributed by atoms with Gasteiger partial charge >= 0.3 is 0 Å². The van der Waals surface area contributed by atoms with Crippen LogP contribution in [0.15, 0.2) is 30.5 Å². The molecule has 0 radical (unpaired) electrons. The first-order valence-corrected chi connectivity index (χ1v) is 7.82. The van der Waals surface area contributed by atoms with Crippen LogP contribution in [0.2, 0.25) is 0 Å². The number of amides is 1. The van der Waals surface area contributed by atoms with Crippen LogP contribution in [0, 0.1) is 0 Å². The van der Waals surface area contributed by atoms with E-state index in [0.717, 1.165) is 28.6 Å². The SMILES string of the molecule is C=C(Cn1nc(C(N)=O)c2cccc(CC)c21)NC1CCC1. The Balaban J connectivity index is 1.96. The predicted molar refractivity (Wildman–Crippen MR) is 87.5 cm³/mol. The quantitative estimate of drug-likeness (QED) is 0.860. The van der Waals surface area contributed by atoms with Gasteiger partial charge in [0.2, 0.25) is 0 Å². The first kappa shape index (κ1) is 14.6. The highest BCUT2D eigenvalue weighted by atomic mass is 16.1. The fraction of sp³-hybridized carbons (Fsp3) is 0.412. The smallest absolute Gasteiger partial charge is 0.269 e. The molecule has 0 aliphatic heterocycles. The number of benzene rings is 1. The first-order valence-electron chi connectivity index (χ1n) is 7.82. The van der Waals surface area contributed by atoms with Gasteiger partial charge in [0.15, 0.2) is 5.69 Å². The Hall–Kier alpha value is -2.30. The lowest BCUT2D eigenvalue weighted by Gasteiger charge is -2.28. The minimum atomic E-state index is -0.491. The third kappa shape index (κ3) is 2.58. The summed E-state index contributed by atoms with van der Waals surface area (Å²) in [6.45, 7) is 6.75. The third-order valence-electron chi connectivity index (χ3n) is 4.32. The van der Waals surface area contributed by atoms with Crippen LogP contribution < -0.4 is 11.1 Å². The molecule has 1 amide bonds. The van der Waals surface area contributed by atoms with E-state index in [0.29, 0.717) is 18.3 Å². The molecule has 2 aromatic rings. The van der Waals surface area contributed by atoms with Crippen molar-refractivity contribution in [2.45, 2.75) is 45.2 Å². The van der Waals surface area contributed by atoms with E-state index in [1.54, 1.807) is 0 Å². The number of nitrogens with zero attached hydrogens (tertiary/aromatic N) is 2. The first-order chi connectivity index (χ1) is 10.6. The number of hydrogen-bond donors (Lipinski definition) is 2. The van der Waals surface area contributed by atoms with E-state index < -0.39 is 5.91 Å². The third-order valence-corrected chi connectivity index (χ3v) is 4.32. The summed E-state index contributed by atoms with van der Waals surface area (Å²) in [7, 11) is 0. The largest absolute Gasteiger partial charge is 0.385 e. The van der Waals surface area contributed by atoms with Gasteiger partial charge in [-0.3, -0.25) is 9.48 Å². The van der Waals surface area contributed by atoms with Crippen LogP contribution in [0.4, 0.5) is 0 Å². The molecule has 3 N–H and O–H groups in total. The molecule has 22 heavy (non-hydrogen) atoms. The summed E-state index contributed by atoms with van der Waals surface area (Å²) in [5.74, 6) is -0.491. The summed E-state index contributed by atoms with van der Waals surface area (Å²) in [4.78, 5) is 11.7. The molecule has 5 nitrogen and oxygen atoms in total. The Morgan fingerprint density at radius 3 is 2.86 bits per heavy atom. The average molecular weight is 298 g/mol. The number of aromatic nitrogens is 2. The average Bonchev–Trinajstić information content (AvgIpc) is 2.82. The molecule has 1 aromatic carbocycles. The highest BCUT2D eigenvalue weighted by Crippen LogP contribution is 2.24. The fourth-order valence-electron chi connectivity index (χ4n) is 2.96. The maximum atomic E-state index is 11.7. The van der Waals surface area contributed by atoms with Crippen LogP contribution in [0.3, 0.4) is 0 Å². The second-order valence-electron chi connectivity index (χ2n) is 5.91. The number of primary amides is 1. The molecule has 1 aliphatic rings. The highest BCUT2D eigenvalue weighted by molar-refractivity contribution is 6.04. The predicted octanol–water partition coefficient (Wildman–Crippen LogP) is 2.35. The number of rotatable bonds is 6. The maximum Gasteiger partial charge on any atom is 0.269 e. The number of para-hydroxylation sites is 1. The van der Waals surface area contributed by atoms with E-state index in [1.165, 1.54) is 19.3 Å². The minimum Gasteiger partial charge on any atom is -0.385 e. The number of nitrogens with two attached hydrogens (primary N) is 1. The zero-order valence-corrected chi connectivity index (χ0v) is 12.9. The van der Waals surface area contributed by atoms with E-state index in [2.05, 4.69) is 30.0 Å². The van der Waals surface area contributed by atoms with Crippen LogP contribution >= 0.6 is 0 Å². The fourth-order valence-corrected chi connectivity index (χ4v) is 2.96. The number of nitrogens with one attached hydrogen (secondary N) is 1. The van der Waals surface area contributed by atoms with Crippen molar-refractivity contribution in [3.8, 4) is 0 Å². The highest BCUT2D eigenvalue weighted by Gasteiger charge is 2.20. The molecule has 0 atom stereocenters. The van der Waals surface area contributed by atoms with E-state index in [9.17, 15) is 4.79 Å². The molecule has 116 valence electrons. The second kappa shape index (κ2) is 5.83. The number of aryl methyl sites for hydroxylation is 1. The molecule has 5 heteroatoms. The van der Waals surface area contributed by atoms with Crippen molar-refractivity contribution in [1.29, 1.82) is 0 Å². The van der Waals surface area contributed by atoms with Crippen molar-refractivity contribution < 1.29 is 4.79 Å². The van der Waals surface area contributed by atoms with Crippen molar-refractivity contribution >= 4 is 16.8 Å². The lowest BCUT2D eigenvalue weighted by atomic mass is 9.93. The molecule has 1 aromatic heterocycles. The molecule has 0 bridgehead atoms. The lowest BCUT2D eigenvalue weighted by Crippen LogP contribution is -2.35. The zero-order valence-electron chi connectivity index (χ0n) is 12.9. The molecular formula is C17H22N4O. The van der Waals surface area contributed by atoms with Crippen molar-refractivity contribution in [2.24, 2.45) is 5.73 Å². The molecule has 0 unspecified atom stereocenters. The van der Waals surface area contributed by atoms with E-state index in [4.69, 9.17) is 5.73 Å². The molecule has 1 saturated carbocycles.